The molecule has 0 unspecified atom stereocenters. The monoisotopic (exact) mass is 365 g/mol. The number of likely N-dealkylation sites (N-methyl/N-ethyl adjacent to an activating group) is 1. The number of thiophene rings is 1. The smallest absolute Gasteiger partial charge is 0.341 e. The second-order valence-corrected chi connectivity index (χ2v) is 8.28. The van der Waals surface area contributed by atoms with Gasteiger partial charge in [0.1, 0.15) is 5.00 Å². The lowest BCUT2D eigenvalue weighted by molar-refractivity contribution is -0.117. The summed E-state index contributed by atoms with van der Waals surface area (Å²) in [6, 6.07) is 0. The molecule has 0 saturated carbocycles. The predicted molar refractivity (Wildman–Crippen MR) is 99.4 cm³/mol. The zero-order chi connectivity index (χ0) is 18.0. The maximum atomic E-state index is 12.5. The number of nitrogens with zero attached hydrogens (tertiary/aromatic N) is 2. The summed E-state index contributed by atoms with van der Waals surface area (Å²) in [5.41, 5.74) is 1.64. The van der Waals surface area contributed by atoms with Crippen LogP contribution < -0.4 is 5.32 Å². The van der Waals surface area contributed by atoms with E-state index in [0.717, 1.165) is 51.0 Å². The van der Waals surface area contributed by atoms with Gasteiger partial charge < -0.3 is 15.0 Å². The van der Waals surface area contributed by atoms with E-state index in [4.69, 9.17) is 4.74 Å². The summed E-state index contributed by atoms with van der Waals surface area (Å²) in [5, 5.41) is 3.64. The van der Waals surface area contributed by atoms with Crippen LogP contribution in [-0.4, -0.2) is 68.6 Å². The first-order chi connectivity index (χ1) is 12.0. The lowest BCUT2D eigenvalue weighted by Gasteiger charge is -2.31. The van der Waals surface area contributed by atoms with E-state index in [-0.39, 0.29) is 11.9 Å². The van der Waals surface area contributed by atoms with Crippen molar-refractivity contribution in [1.29, 1.82) is 0 Å². The Labute approximate surface area is 153 Å². The van der Waals surface area contributed by atoms with E-state index in [9.17, 15) is 9.59 Å². The molecule has 1 aliphatic heterocycles. The van der Waals surface area contributed by atoms with Gasteiger partial charge >= 0.3 is 5.97 Å². The first-order valence-corrected chi connectivity index (χ1v) is 9.73. The minimum absolute atomic E-state index is 0.0543. The molecule has 0 aromatic carbocycles. The summed E-state index contributed by atoms with van der Waals surface area (Å²) in [4.78, 5) is 30.4. The Morgan fingerprint density at radius 1 is 1.28 bits per heavy atom. The maximum Gasteiger partial charge on any atom is 0.341 e. The molecule has 1 aliphatic carbocycles. The van der Waals surface area contributed by atoms with Crippen LogP contribution in [0.5, 0.6) is 0 Å². The van der Waals surface area contributed by atoms with Crippen LogP contribution in [0.4, 0.5) is 5.00 Å². The number of carbonyl (C=O) groups excluding carboxylic acids is 2. The van der Waals surface area contributed by atoms with Gasteiger partial charge in [0.05, 0.1) is 19.2 Å². The molecule has 25 heavy (non-hydrogen) atoms. The highest BCUT2D eigenvalue weighted by Crippen LogP contribution is 2.40. The number of fused-ring (bicyclic) bond motifs is 1. The molecule has 2 heterocycles. The Hall–Kier alpha value is -1.44. The van der Waals surface area contributed by atoms with Gasteiger partial charge in [-0.1, -0.05) is 6.92 Å². The topological polar surface area (TPSA) is 61.9 Å². The van der Waals surface area contributed by atoms with Crippen molar-refractivity contribution in [1.82, 2.24) is 9.80 Å². The largest absolute Gasteiger partial charge is 0.465 e. The molecular formula is C18H27N3O3S. The van der Waals surface area contributed by atoms with E-state index < -0.39 is 0 Å². The van der Waals surface area contributed by atoms with E-state index in [0.29, 0.717) is 23.0 Å². The molecule has 7 heteroatoms. The molecular weight excluding hydrogens is 338 g/mol. The zero-order valence-corrected chi connectivity index (χ0v) is 16.1. The molecule has 1 atom stereocenters. The highest BCUT2D eigenvalue weighted by molar-refractivity contribution is 7.17. The minimum Gasteiger partial charge on any atom is -0.465 e. The molecule has 1 aromatic rings. The number of methoxy groups -OCH3 is 1. The Morgan fingerprint density at radius 3 is 2.68 bits per heavy atom. The molecule has 6 nitrogen and oxygen atoms in total. The number of amides is 1. The molecule has 1 saturated heterocycles. The van der Waals surface area contributed by atoms with Crippen molar-refractivity contribution in [3.63, 3.8) is 0 Å². The van der Waals surface area contributed by atoms with Crippen LogP contribution >= 0.6 is 11.3 Å². The number of rotatable bonds is 4. The fraction of sp³-hybridized carbons (Fsp3) is 0.667. The first kappa shape index (κ1) is 18.4. The average Bonchev–Trinajstić information content (AvgIpc) is 2.92. The summed E-state index contributed by atoms with van der Waals surface area (Å²) in [7, 11) is 3.49. The molecule has 0 spiro atoms. The standard InChI is InChI=1S/C18H27N3O3S/c1-12-4-5-13-14(10-12)25-17(16(13)18(23)24-3)19-15(22)11-21-8-6-20(2)7-9-21/h12H,4-11H2,1-3H3,(H,19,22)/t12-/m0/s1. The third kappa shape index (κ3) is 4.22. The van der Waals surface area contributed by atoms with Gasteiger partial charge in [-0.3, -0.25) is 9.69 Å². The van der Waals surface area contributed by atoms with E-state index in [1.807, 2.05) is 0 Å². The van der Waals surface area contributed by atoms with Crippen LogP contribution in [0.1, 0.15) is 34.1 Å². The minimum atomic E-state index is -0.345. The van der Waals surface area contributed by atoms with Gasteiger partial charge in [-0.05, 0) is 37.8 Å². The van der Waals surface area contributed by atoms with Crippen molar-refractivity contribution in [2.45, 2.75) is 26.2 Å². The lowest BCUT2D eigenvalue weighted by atomic mass is 9.88. The Kier molecular flexibility index (Phi) is 5.76. The average molecular weight is 365 g/mol. The van der Waals surface area contributed by atoms with Gasteiger partial charge in [-0.15, -0.1) is 11.3 Å². The van der Waals surface area contributed by atoms with Crippen molar-refractivity contribution >= 4 is 28.2 Å². The fourth-order valence-corrected chi connectivity index (χ4v) is 4.95. The van der Waals surface area contributed by atoms with Crippen LogP contribution in [-0.2, 0) is 22.4 Å². The van der Waals surface area contributed by atoms with Crippen LogP contribution in [0.2, 0.25) is 0 Å². The second-order valence-electron chi connectivity index (χ2n) is 7.18. The maximum absolute atomic E-state index is 12.5. The molecule has 1 amide bonds. The molecule has 138 valence electrons. The van der Waals surface area contributed by atoms with Crippen LogP contribution in [0.3, 0.4) is 0 Å². The first-order valence-electron chi connectivity index (χ1n) is 8.91. The zero-order valence-electron chi connectivity index (χ0n) is 15.3. The van der Waals surface area contributed by atoms with Gasteiger partial charge in [0.2, 0.25) is 5.91 Å². The number of esters is 1. The van der Waals surface area contributed by atoms with Gasteiger partial charge in [0.25, 0.3) is 0 Å². The third-order valence-electron chi connectivity index (χ3n) is 5.12. The summed E-state index contributed by atoms with van der Waals surface area (Å²) in [5.74, 6) is 0.217. The molecule has 1 fully saturated rings. The Bertz CT molecular complexity index is 650. The highest BCUT2D eigenvalue weighted by Gasteiger charge is 2.29. The van der Waals surface area contributed by atoms with Crippen molar-refractivity contribution in [2.75, 3.05) is 52.2 Å². The SMILES string of the molecule is COC(=O)c1c(NC(=O)CN2CCN(C)CC2)sc2c1CC[C@H](C)C2. The van der Waals surface area contributed by atoms with Gasteiger partial charge in [0.15, 0.2) is 0 Å². The van der Waals surface area contributed by atoms with E-state index in [2.05, 4.69) is 29.1 Å². The van der Waals surface area contributed by atoms with Crippen molar-refractivity contribution in [3.05, 3.63) is 16.0 Å². The summed E-state index contributed by atoms with van der Waals surface area (Å²) < 4.78 is 4.97. The van der Waals surface area contributed by atoms with E-state index in [1.54, 1.807) is 11.3 Å². The van der Waals surface area contributed by atoms with Gasteiger partial charge in [-0.2, -0.15) is 0 Å². The number of hydrogen-bond acceptors (Lipinski definition) is 6. The molecule has 2 aliphatic rings. The third-order valence-corrected chi connectivity index (χ3v) is 6.29. The number of carbonyl (C=O) groups is 2. The number of ether oxygens (including phenoxy) is 1. The van der Waals surface area contributed by atoms with E-state index >= 15 is 0 Å². The van der Waals surface area contributed by atoms with Crippen molar-refractivity contribution in [3.8, 4) is 0 Å². The lowest BCUT2D eigenvalue weighted by Crippen LogP contribution is -2.47. The van der Waals surface area contributed by atoms with E-state index in [1.165, 1.54) is 12.0 Å². The molecule has 1 N–H and O–H groups in total. The van der Waals surface area contributed by atoms with Crippen LogP contribution in [0.25, 0.3) is 0 Å². The van der Waals surface area contributed by atoms with Crippen molar-refractivity contribution < 1.29 is 14.3 Å². The van der Waals surface area contributed by atoms with Crippen molar-refractivity contribution in [2.24, 2.45) is 5.92 Å². The fourth-order valence-electron chi connectivity index (χ4n) is 3.53. The molecule has 0 bridgehead atoms. The number of nitrogens with one attached hydrogen (secondary N) is 1. The predicted octanol–water partition coefficient (Wildman–Crippen LogP) is 1.85. The Morgan fingerprint density at radius 2 is 2.00 bits per heavy atom. The number of anilines is 1. The number of piperazine rings is 1. The second kappa shape index (κ2) is 7.85. The molecule has 3 rings (SSSR count). The van der Waals surface area contributed by atoms with Crippen LogP contribution in [0, 0.1) is 5.92 Å². The van der Waals surface area contributed by atoms with Gasteiger partial charge in [0, 0.05) is 31.1 Å². The normalized spacial score (nSPS) is 21.6. The molecule has 1 aromatic heterocycles. The quantitative estimate of drug-likeness (QED) is 0.825. The highest BCUT2D eigenvalue weighted by atomic mass is 32.1. The summed E-state index contributed by atoms with van der Waals surface area (Å²) in [6.07, 6.45) is 2.92. The van der Waals surface area contributed by atoms with Crippen LogP contribution in [0.15, 0.2) is 0 Å². The Balaban J connectivity index is 1.73. The van der Waals surface area contributed by atoms with Gasteiger partial charge in [-0.25, -0.2) is 4.79 Å². The number of hydrogen-bond donors (Lipinski definition) is 1. The molecule has 0 radical (unpaired) electrons. The summed E-state index contributed by atoms with van der Waals surface area (Å²) >= 11 is 1.54. The summed E-state index contributed by atoms with van der Waals surface area (Å²) in [6.45, 7) is 6.34.